The third kappa shape index (κ3) is 7.19. The molecule has 0 aliphatic heterocycles. The number of aliphatic hydroxyl groups excluding tert-OH is 1. The van der Waals surface area contributed by atoms with Gasteiger partial charge in [-0.2, -0.15) is 0 Å². The quantitative estimate of drug-likeness (QED) is 0.486. The molecule has 90 valence electrons. The molecule has 0 atom stereocenters. The Balaban J connectivity index is 4.51. The van der Waals surface area contributed by atoms with E-state index in [0.29, 0.717) is 6.04 Å². The summed E-state index contributed by atoms with van der Waals surface area (Å²) in [6, 6.07) is 0.553. The first-order valence-electron chi connectivity index (χ1n) is 5.50. The van der Waals surface area contributed by atoms with Crippen molar-refractivity contribution in [2.75, 3.05) is 6.61 Å². The van der Waals surface area contributed by atoms with Gasteiger partial charge in [0.15, 0.2) is 5.96 Å². The zero-order valence-electron chi connectivity index (χ0n) is 10.8. The van der Waals surface area contributed by atoms with Crippen molar-refractivity contribution in [2.24, 2.45) is 4.99 Å². The van der Waals surface area contributed by atoms with Gasteiger partial charge in [0.25, 0.3) is 0 Å². The first kappa shape index (κ1) is 14.2. The Kier molecular flexibility index (Phi) is 5.65. The molecule has 15 heavy (non-hydrogen) atoms. The second-order valence-corrected chi connectivity index (χ2v) is 5.04. The number of aliphatic imine (C=N–C) groups is 1. The Morgan fingerprint density at radius 1 is 1.27 bits per heavy atom. The summed E-state index contributed by atoms with van der Waals surface area (Å²) in [6.07, 6.45) is 0. The maximum atomic E-state index is 9.17. The average Bonchev–Trinajstić information content (AvgIpc) is 2.00. The molecule has 3 N–H and O–H groups in total. The number of hydrogen-bond acceptors (Lipinski definition) is 2. The van der Waals surface area contributed by atoms with Gasteiger partial charge in [-0.25, -0.2) is 0 Å². The smallest absolute Gasteiger partial charge is 0.192 e. The van der Waals surface area contributed by atoms with E-state index in [4.69, 9.17) is 5.11 Å². The number of guanidine groups is 1. The summed E-state index contributed by atoms with van der Waals surface area (Å²) in [4.78, 5) is 4.43. The van der Waals surface area contributed by atoms with Gasteiger partial charge in [-0.15, -0.1) is 0 Å². The highest BCUT2D eigenvalue weighted by atomic mass is 16.3. The van der Waals surface area contributed by atoms with E-state index in [1.54, 1.807) is 0 Å². The van der Waals surface area contributed by atoms with E-state index >= 15 is 0 Å². The predicted octanol–water partition coefficient (Wildman–Crippen LogP) is 1.11. The molecule has 0 aromatic carbocycles. The van der Waals surface area contributed by atoms with E-state index in [1.807, 2.05) is 27.7 Å². The van der Waals surface area contributed by atoms with Gasteiger partial charge in [0, 0.05) is 12.1 Å². The molecule has 4 heteroatoms. The highest BCUT2D eigenvalue weighted by molar-refractivity contribution is 5.80. The van der Waals surface area contributed by atoms with Crippen LogP contribution in [0.4, 0.5) is 0 Å². The van der Waals surface area contributed by atoms with Crippen LogP contribution in [-0.2, 0) is 0 Å². The van der Waals surface area contributed by atoms with Gasteiger partial charge < -0.3 is 15.7 Å². The molecule has 0 aliphatic rings. The van der Waals surface area contributed by atoms with Gasteiger partial charge in [-0.3, -0.25) is 4.99 Å². The monoisotopic (exact) mass is 215 g/mol. The maximum Gasteiger partial charge on any atom is 0.192 e. The van der Waals surface area contributed by atoms with Crippen molar-refractivity contribution >= 4 is 5.96 Å². The standard InChI is InChI=1S/C11H25N3O/c1-8(2)12-10(13-9(3)4)14-11(5,6)7-15/h8-9,15H,7H2,1-6H3,(H2,12,13,14). The van der Waals surface area contributed by atoms with Crippen LogP contribution in [0.15, 0.2) is 4.99 Å². The van der Waals surface area contributed by atoms with Crippen molar-refractivity contribution in [3.05, 3.63) is 0 Å². The van der Waals surface area contributed by atoms with Crippen molar-refractivity contribution in [1.82, 2.24) is 10.6 Å². The molecule has 0 fully saturated rings. The highest BCUT2D eigenvalue weighted by Gasteiger charge is 2.18. The fourth-order valence-electron chi connectivity index (χ4n) is 0.997. The van der Waals surface area contributed by atoms with E-state index < -0.39 is 0 Å². The Hall–Kier alpha value is -0.770. The Labute approximate surface area is 93.2 Å². The van der Waals surface area contributed by atoms with Crippen LogP contribution in [0.2, 0.25) is 0 Å². The second kappa shape index (κ2) is 5.95. The molecular weight excluding hydrogens is 190 g/mol. The van der Waals surface area contributed by atoms with Crippen molar-refractivity contribution < 1.29 is 5.11 Å². The molecule has 0 spiro atoms. The van der Waals surface area contributed by atoms with Gasteiger partial charge in [0.2, 0.25) is 0 Å². The van der Waals surface area contributed by atoms with Crippen LogP contribution in [0.5, 0.6) is 0 Å². The molecule has 0 saturated carbocycles. The molecule has 0 saturated heterocycles. The summed E-state index contributed by atoms with van der Waals surface area (Å²) in [6.45, 7) is 12.1. The van der Waals surface area contributed by atoms with Gasteiger partial charge >= 0.3 is 0 Å². The second-order valence-electron chi connectivity index (χ2n) is 5.04. The number of nitrogens with zero attached hydrogens (tertiary/aromatic N) is 1. The molecular formula is C11H25N3O. The minimum atomic E-state index is -0.352. The zero-order chi connectivity index (χ0) is 12.1. The molecule has 0 aromatic rings. The van der Waals surface area contributed by atoms with Crippen molar-refractivity contribution in [2.45, 2.75) is 59.2 Å². The highest BCUT2D eigenvalue weighted by Crippen LogP contribution is 2.00. The van der Waals surface area contributed by atoms with Crippen molar-refractivity contribution in [3.8, 4) is 0 Å². The van der Waals surface area contributed by atoms with E-state index in [9.17, 15) is 0 Å². The molecule has 0 aliphatic carbocycles. The van der Waals surface area contributed by atoms with Crippen molar-refractivity contribution in [3.63, 3.8) is 0 Å². The molecule has 0 radical (unpaired) electrons. The van der Waals surface area contributed by atoms with Gasteiger partial charge in [0.1, 0.15) is 0 Å². The van der Waals surface area contributed by atoms with Crippen LogP contribution in [0.3, 0.4) is 0 Å². The fraction of sp³-hybridized carbons (Fsp3) is 0.909. The van der Waals surface area contributed by atoms with Crippen LogP contribution in [0.25, 0.3) is 0 Å². The lowest BCUT2D eigenvalue weighted by Gasteiger charge is -2.27. The lowest BCUT2D eigenvalue weighted by atomic mass is 10.1. The van der Waals surface area contributed by atoms with E-state index in [0.717, 1.165) is 5.96 Å². The average molecular weight is 215 g/mol. The van der Waals surface area contributed by atoms with Crippen LogP contribution in [0, 0.1) is 0 Å². The first-order valence-corrected chi connectivity index (χ1v) is 5.50. The van der Waals surface area contributed by atoms with Crippen LogP contribution in [-0.4, -0.2) is 35.3 Å². The molecule has 0 heterocycles. The lowest BCUT2D eigenvalue weighted by Crippen LogP contribution is -2.53. The summed E-state index contributed by atoms with van der Waals surface area (Å²) in [5.41, 5.74) is -0.352. The van der Waals surface area contributed by atoms with Crippen LogP contribution in [0.1, 0.15) is 41.5 Å². The van der Waals surface area contributed by atoms with E-state index in [-0.39, 0.29) is 18.2 Å². The van der Waals surface area contributed by atoms with E-state index in [1.165, 1.54) is 0 Å². The van der Waals surface area contributed by atoms with Gasteiger partial charge in [-0.1, -0.05) is 0 Å². The minimum Gasteiger partial charge on any atom is -0.394 e. The zero-order valence-corrected chi connectivity index (χ0v) is 10.8. The summed E-state index contributed by atoms with van der Waals surface area (Å²) in [5.74, 6) is 0.749. The summed E-state index contributed by atoms with van der Waals surface area (Å²) >= 11 is 0. The Morgan fingerprint density at radius 2 is 1.80 bits per heavy atom. The largest absolute Gasteiger partial charge is 0.394 e. The Bertz CT molecular complexity index is 210. The molecule has 0 aromatic heterocycles. The van der Waals surface area contributed by atoms with Gasteiger partial charge in [0.05, 0.1) is 12.1 Å². The fourth-order valence-corrected chi connectivity index (χ4v) is 0.997. The summed E-state index contributed by atoms with van der Waals surface area (Å²) in [7, 11) is 0. The lowest BCUT2D eigenvalue weighted by molar-refractivity contribution is 0.205. The topological polar surface area (TPSA) is 56.7 Å². The number of aliphatic hydroxyl groups is 1. The van der Waals surface area contributed by atoms with Crippen LogP contribution < -0.4 is 10.6 Å². The molecule has 0 bridgehead atoms. The normalized spacial score (nSPS) is 13.5. The predicted molar refractivity (Wildman–Crippen MR) is 65.1 cm³/mol. The molecule has 0 amide bonds. The van der Waals surface area contributed by atoms with E-state index in [2.05, 4.69) is 29.5 Å². The number of hydrogen-bond donors (Lipinski definition) is 3. The molecule has 0 unspecified atom stereocenters. The third-order valence-electron chi connectivity index (χ3n) is 1.66. The maximum absolute atomic E-state index is 9.17. The first-order chi connectivity index (χ1) is 6.76. The van der Waals surface area contributed by atoms with Gasteiger partial charge in [-0.05, 0) is 41.5 Å². The SMILES string of the molecule is CC(C)N=C(NC(C)C)NC(C)(C)CO. The minimum absolute atomic E-state index is 0.0733. The van der Waals surface area contributed by atoms with Crippen LogP contribution >= 0.6 is 0 Å². The number of rotatable bonds is 4. The summed E-state index contributed by atoms with van der Waals surface area (Å²) in [5, 5.41) is 15.6. The van der Waals surface area contributed by atoms with Crippen molar-refractivity contribution in [1.29, 1.82) is 0 Å². The molecule has 0 rings (SSSR count). The Morgan fingerprint density at radius 3 is 2.13 bits per heavy atom. The molecule has 4 nitrogen and oxygen atoms in total. The summed E-state index contributed by atoms with van der Waals surface area (Å²) < 4.78 is 0. The third-order valence-corrected chi connectivity index (χ3v) is 1.66. The number of nitrogens with one attached hydrogen (secondary N) is 2.